The molecule has 14 heavy (non-hydrogen) atoms. The van der Waals surface area contributed by atoms with Crippen molar-refractivity contribution >= 4 is 6.08 Å². The van der Waals surface area contributed by atoms with Crippen molar-refractivity contribution in [1.82, 2.24) is 0 Å². The summed E-state index contributed by atoms with van der Waals surface area (Å²) in [6.45, 7) is 6.40. The third kappa shape index (κ3) is 1.96. The van der Waals surface area contributed by atoms with E-state index < -0.39 is 0 Å². The van der Waals surface area contributed by atoms with E-state index in [1.54, 1.807) is 0 Å². The van der Waals surface area contributed by atoms with Crippen LogP contribution in [0.1, 0.15) is 22.3 Å². The normalized spacial score (nSPS) is 11.1. The molecule has 2 heteroatoms. The van der Waals surface area contributed by atoms with Crippen LogP contribution in [0, 0.1) is 20.8 Å². The summed E-state index contributed by atoms with van der Waals surface area (Å²) in [6.07, 6.45) is 3.72. The largest absolute Gasteiger partial charge is 0.507 e. The molecule has 0 heterocycles. The number of nitrogens with two attached hydrogens (primary N) is 1. The molecule has 0 saturated carbocycles. The summed E-state index contributed by atoms with van der Waals surface area (Å²) in [6, 6.07) is 2.07. The van der Waals surface area contributed by atoms with Gasteiger partial charge in [0.15, 0.2) is 0 Å². The molecule has 0 atom stereocenters. The van der Waals surface area contributed by atoms with Crippen molar-refractivity contribution in [1.29, 1.82) is 0 Å². The summed E-state index contributed by atoms with van der Waals surface area (Å²) < 4.78 is 0. The van der Waals surface area contributed by atoms with Crippen molar-refractivity contribution in [2.45, 2.75) is 20.8 Å². The van der Waals surface area contributed by atoms with E-state index in [1.807, 2.05) is 32.9 Å². The number of benzene rings is 1. The van der Waals surface area contributed by atoms with Crippen molar-refractivity contribution in [2.75, 3.05) is 6.54 Å². The van der Waals surface area contributed by atoms with E-state index in [2.05, 4.69) is 6.07 Å². The van der Waals surface area contributed by atoms with Gasteiger partial charge >= 0.3 is 0 Å². The van der Waals surface area contributed by atoms with E-state index in [0.717, 1.165) is 22.3 Å². The molecular formula is C12H17NO. The minimum absolute atomic E-state index is 0.368. The first kappa shape index (κ1) is 10.8. The summed E-state index contributed by atoms with van der Waals surface area (Å²) >= 11 is 0. The van der Waals surface area contributed by atoms with Crippen molar-refractivity contribution < 1.29 is 5.11 Å². The second-order valence-corrected chi connectivity index (χ2v) is 3.54. The molecule has 0 amide bonds. The van der Waals surface area contributed by atoms with Crippen LogP contribution < -0.4 is 5.73 Å². The molecule has 1 aromatic rings. The molecule has 0 fully saturated rings. The van der Waals surface area contributed by atoms with Crippen LogP contribution in [-0.4, -0.2) is 11.7 Å². The molecule has 0 aliphatic rings. The summed E-state index contributed by atoms with van der Waals surface area (Å²) in [5, 5.41) is 9.89. The van der Waals surface area contributed by atoms with Gasteiger partial charge in [0.1, 0.15) is 5.75 Å². The van der Waals surface area contributed by atoms with E-state index in [4.69, 9.17) is 5.73 Å². The van der Waals surface area contributed by atoms with E-state index in [9.17, 15) is 5.11 Å². The first-order valence-corrected chi connectivity index (χ1v) is 4.74. The zero-order chi connectivity index (χ0) is 10.7. The Kier molecular flexibility index (Phi) is 3.31. The quantitative estimate of drug-likeness (QED) is 0.753. The lowest BCUT2D eigenvalue weighted by atomic mass is 9.99. The molecule has 0 unspecified atom stereocenters. The van der Waals surface area contributed by atoms with Gasteiger partial charge in [-0.3, -0.25) is 0 Å². The molecule has 0 aliphatic heterocycles. The van der Waals surface area contributed by atoms with Crippen LogP contribution in [-0.2, 0) is 0 Å². The molecular weight excluding hydrogens is 174 g/mol. The van der Waals surface area contributed by atoms with Crippen molar-refractivity contribution in [3.8, 4) is 5.75 Å². The maximum Gasteiger partial charge on any atom is 0.126 e. The zero-order valence-corrected chi connectivity index (χ0v) is 8.96. The van der Waals surface area contributed by atoms with Crippen LogP contribution in [0.5, 0.6) is 5.75 Å². The minimum atomic E-state index is 0.368. The molecule has 0 bridgehead atoms. The van der Waals surface area contributed by atoms with Gasteiger partial charge in [-0.25, -0.2) is 0 Å². The maximum absolute atomic E-state index is 9.89. The van der Waals surface area contributed by atoms with E-state index in [1.165, 1.54) is 0 Å². The Morgan fingerprint density at radius 2 is 1.93 bits per heavy atom. The summed E-state index contributed by atoms with van der Waals surface area (Å²) in [4.78, 5) is 0. The van der Waals surface area contributed by atoms with Gasteiger partial charge in [-0.15, -0.1) is 0 Å². The highest BCUT2D eigenvalue weighted by atomic mass is 16.3. The predicted molar refractivity (Wildman–Crippen MR) is 60.4 cm³/mol. The highest BCUT2D eigenvalue weighted by molar-refractivity contribution is 5.64. The molecule has 0 radical (unpaired) electrons. The number of rotatable bonds is 2. The highest BCUT2D eigenvalue weighted by Gasteiger charge is 2.07. The molecule has 3 N–H and O–H groups in total. The number of hydrogen-bond donors (Lipinski definition) is 2. The Hall–Kier alpha value is -1.28. The minimum Gasteiger partial charge on any atom is -0.507 e. The average Bonchev–Trinajstić information content (AvgIpc) is 2.14. The highest BCUT2D eigenvalue weighted by Crippen LogP contribution is 2.29. The predicted octanol–water partition coefficient (Wildman–Crippen LogP) is 2.29. The van der Waals surface area contributed by atoms with Gasteiger partial charge in [-0.2, -0.15) is 0 Å². The van der Waals surface area contributed by atoms with Crippen LogP contribution in [0.15, 0.2) is 12.1 Å². The maximum atomic E-state index is 9.89. The SMILES string of the molecule is Cc1cc(C)c(/C=C/CN)c(O)c1C. The van der Waals surface area contributed by atoms with Gasteiger partial charge in [0.05, 0.1) is 0 Å². The summed E-state index contributed by atoms with van der Waals surface area (Å²) in [5.41, 5.74) is 9.38. The van der Waals surface area contributed by atoms with E-state index in [0.29, 0.717) is 12.3 Å². The second-order valence-electron chi connectivity index (χ2n) is 3.54. The third-order valence-electron chi connectivity index (χ3n) is 2.48. The first-order valence-electron chi connectivity index (χ1n) is 4.74. The fourth-order valence-electron chi connectivity index (χ4n) is 1.48. The van der Waals surface area contributed by atoms with Crippen LogP contribution in [0.4, 0.5) is 0 Å². The Morgan fingerprint density at radius 1 is 1.29 bits per heavy atom. The molecule has 1 aromatic carbocycles. The van der Waals surface area contributed by atoms with E-state index in [-0.39, 0.29) is 0 Å². The van der Waals surface area contributed by atoms with Crippen LogP contribution in [0.25, 0.3) is 6.08 Å². The Labute approximate surface area is 85.1 Å². The lowest BCUT2D eigenvalue weighted by molar-refractivity contribution is 0.468. The monoisotopic (exact) mass is 191 g/mol. The van der Waals surface area contributed by atoms with Crippen molar-refractivity contribution in [3.05, 3.63) is 34.4 Å². The zero-order valence-electron chi connectivity index (χ0n) is 8.96. The molecule has 76 valence electrons. The van der Waals surface area contributed by atoms with Gasteiger partial charge < -0.3 is 10.8 Å². The molecule has 0 aromatic heterocycles. The molecule has 2 nitrogen and oxygen atoms in total. The topological polar surface area (TPSA) is 46.2 Å². The fourth-order valence-corrected chi connectivity index (χ4v) is 1.48. The summed E-state index contributed by atoms with van der Waals surface area (Å²) in [5.74, 6) is 0.368. The van der Waals surface area contributed by atoms with Crippen LogP contribution in [0.2, 0.25) is 0 Å². The second kappa shape index (κ2) is 4.29. The molecule has 1 rings (SSSR count). The van der Waals surface area contributed by atoms with Crippen molar-refractivity contribution in [2.24, 2.45) is 5.73 Å². The molecule has 0 aliphatic carbocycles. The van der Waals surface area contributed by atoms with Gasteiger partial charge in [-0.05, 0) is 37.5 Å². The number of phenolic OH excluding ortho intramolecular Hbond substituents is 1. The standard InChI is InChI=1S/C12H17NO/c1-8-7-9(2)11(5-4-6-13)12(14)10(8)3/h4-5,7,14H,6,13H2,1-3H3/b5-4+. The van der Waals surface area contributed by atoms with Gasteiger partial charge in [0.2, 0.25) is 0 Å². The van der Waals surface area contributed by atoms with Crippen LogP contribution in [0.3, 0.4) is 0 Å². The van der Waals surface area contributed by atoms with Crippen molar-refractivity contribution in [3.63, 3.8) is 0 Å². The molecule has 0 saturated heterocycles. The summed E-state index contributed by atoms with van der Waals surface area (Å²) in [7, 11) is 0. The lowest BCUT2D eigenvalue weighted by Crippen LogP contribution is -1.94. The Bertz CT molecular complexity index is 367. The first-order chi connectivity index (χ1) is 6.57. The van der Waals surface area contributed by atoms with Crippen LogP contribution >= 0.6 is 0 Å². The lowest BCUT2D eigenvalue weighted by Gasteiger charge is -2.10. The molecule has 0 spiro atoms. The van der Waals surface area contributed by atoms with Gasteiger partial charge in [0, 0.05) is 12.1 Å². The third-order valence-corrected chi connectivity index (χ3v) is 2.48. The Balaban J connectivity index is 3.29. The Morgan fingerprint density at radius 3 is 2.50 bits per heavy atom. The van der Waals surface area contributed by atoms with E-state index >= 15 is 0 Å². The fraction of sp³-hybridized carbons (Fsp3) is 0.333. The smallest absolute Gasteiger partial charge is 0.126 e. The number of aryl methyl sites for hydroxylation is 2. The van der Waals surface area contributed by atoms with Gasteiger partial charge in [0.25, 0.3) is 0 Å². The number of phenols is 1. The average molecular weight is 191 g/mol. The number of hydrogen-bond acceptors (Lipinski definition) is 2. The number of aromatic hydroxyl groups is 1. The van der Waals surface area contributed by atoms with Gasteiger partial charge in [-0.1, -0.05) is 18.2 Å².